The molecule has 2 aromatic carbocycles. The molecule has 1 heterocycles. The number of carbonyl (C=O) groups is 2. The summed E-state index contributed by atoms with van der Waals surface area (Å²) in [6.07, 6.45) is 0.921. The van der Waals surface area contributed by atoms with Crippen molar-refractivity contribution in [2.24, 2.45) is 0 Å². The van der Waals surface area contributed by atoms with Crippen LogP contribution in [0.1, 0.15) is 5.56 Å². The first-order valence-electron chi connectivity index (χ1n) is 9.68. The van der Waals surface area contributed by atoms with Crippen molar-refractivity contribution < 1.29 is 19.4 Å². The smallest absolute Gasteiger partial charge is 0.412 e. The molecule has 0 bridgehead atoms. The Hall–Kier alpha value is -3.20. The quantitative estimate of drug-likeness (QED) is 0.405. The van der Waals surface area contributed by atoms with Crippen LogP contribution in [0.5, 0.6) is 0 Å². The molecule has 31 heavy (non-hydrogen) atoms. The van der Waals surface area contributed by atoms with E-state index >= 15 is 0 Å². The summed E-state index contributed by atoms with van der Waals surface area (Å²) in [6, 6.07) is 15.9. The van der Waals surface area contributed by atoms with E-state index in [1.54, 1.807) is 18.3 Å². The number of pyridine rings is 1. The largest absolute Gasteiger partial charge is 0.447 e. The molecule has 1 atom stereocenters. The number of nitrogens with zero attached hydrogens (tertiary/aromatic N) is 1. The number of amides is 2. The molecule has 0 saturated heterocycles. The Balaban J connectivity index is 1.40. The van der Waals surface area contributed by atoms with Crippen molar-refractivity contribution in [1.82, 2.24) is 15.6 Å². The van der Waals surface area contributed by atoms with Gasteiger partial charge in [-0.3, -0.25) is 10.1 Å². The average Bonchev–Trinajstić information content (AvgIpc) is 2.78. The fraction of sp³-hybridized carbons (Fsp3) is 0.227. The topological polar surface area (TPSA) is 113 Å². The number of nitrogens with one attached hydrogen (secondary N) is 3. The van der Waals surface area contributed by atoms with E-state index in [0.29, 0.717) is 17.4 Å². The minimum atomic E-state index is -0.732. The SMILES string of the molecule is O=C(CNCc1ccccc1Cl)N[C@@H](CO)COC(=O)Nc1cc2ccccc2cn1. The van der Waals surface area contributed by atoms with Crippen LogP contribution in [0.2, 0.25) is 5.02 Å². The third-order valence-corrected chi connectivity index (χ3v) is 4.79. The van der Waals surface area contributed by atoms with Crippen molar-refractivity contribution in [3.63, 3.8) is 0 Å². The number of aliphatic hydroxyl groups is 1. The Labute approximate surface area is 184 Å². The van der Waals surface area contributed by atoms with Gasteiger partial charge in [-0.1, -0.05) is 54.1 Å². The lowest BCUT2D eigenvalue weighted by Crippen LogP contribution is -2.45. The van der Waals surface area contributed by atoms with Gasteiger partial charge in [-0.15, -0.1) is 0 Å². The number of aliphatic hydroxyl groups excluding tert-OH is 1. The number of rotatable bonds is 9. The van der Waals surface area contributed by atoms with Gasteiger partial charge in [0.05, 0.1) is 19.2 Å². The molecule has 1 aromatic heterocycles. The normalized spacial score (nSPS) is 11.7. The molecule has 0 saturated carbocycles. The lowest BCUT2D eigenvalue weighted by molar-refractivity contribution is -0.121. The Morgan fingerprint density at radius 2 is 1.84 bits per heavy atom. The van der Waals surface area contributed by atoms with E-state index in [-0.39, 0.29) is 25.7 Å². The predicted molar refractivity (Wildman–Crippen MR) is 119 cm³/mol. The Bertz CT molecular complexity index is 1050. The molecule has 2 amide bonds. The Morgan fingerprint density at radius 1 is 1.10 bits per heavy atom. The molecule has 3 rings (SSSR count). The summed E-state index contributed by atoms with van der Waals surface area (Å²) < 4.78 is 5.10. The highest BCUT2D eigenvalue weighted by molar-refractivity contribution is 6.31. The predicted octanol–water partition coefficient (Wildman–Crippen LogP) is 2.70. The van der Waals surface area contributed by atoms with Gasteiger partial charge < -0.3 is 20.5 Å². The van der Waals surface area contributed by atoms with Crippen molar-refractivity contribution in [3.05, 3.63) is 71.4 Å². The summed E-state index contributed by atoms with van der Waals surface area (Å²) >= 11 is 6.07. The average molecular weight is 443 g/mol. The van der Waals surface area contributed by atoms with Crippen LogP contribution >= 0.6 is 11.6 Å². The molecule has 0 aliphatic rings. The molecule has 0 aliphatic heterocycles. The molecule has 9 heteroatoms. The zero-order valence-corrected chi connectivity index (χ0v) is 17.4. The molecule has 3 aromatic rings. The number of aromatic nitrogens is 1. The first kappa shape index (κ1) is 22.5. The molecular weight excluding hydrogens is 420 g/mol. The first-order valence-corrected chi connectivity index (χ1v) is 10.1. The molecule has 0 radical (unpaired) electrons. The second-order valence-electron chi connectivity index (χ2n) is 6.78. The minimum Gasteiger partial charge on any atom is -0.447 e. The number of fused-ring (bicyclic) bond motifs is 1. The van der Waals surface area contributed by atoms with E-state index in [0.717, 1.165) is 16.3 Å². The third-order valence-electron chi connectivity index (χ3n) is 4.42. The number of carbonyl (C=O) groups excluding carboxylic acids is 2. The number of hydrogen-bond acceptors (Lipinski definition) is 6. The summed E-state index contributed by atoms with van der Waals surface area (Å²) in [5.74, 6) is 0.00312. The van der Waals surface area contributed by atoms with Crippen LogP contribution in [0.4, 0.5) is 10.6 Å². The van der Waals surface area contributed by atoms with Gasteiger partial charge in [-0.2, -0.15) is 0 Å². The maximum absolute atomic E-state index is 12.1. The van der Waals surface area contributed by atoms with Gasteiger partial charge in [0.15, 0.2) is 0 Å². The zero-order chi connectivity index (χ0) is 22.1. The number of hydrogen-bond donors (Lipinski definition) is 4. The van der Waals surface area contributed by atoms with Gasteiger partial charge in [0.1, 0.15) is 12.4 Å². The highest BCUT2D eigenvalue weighted by Crippen LogP contribution is 2.16. The molecule has 8 nitrogen and oxygen atoms in total. The van der Waals surface area contributed by atoms with Gasteiger partial charge in [-0.25, -0.2) is 9.78 Å². The van der Waals surface area contributed by atoms with Crippen LogP contribution in [0.3, 0.4) is 0 Å². The second kappa shape index (κ2) is 11.3. The Morgan fingerprint density at radius 3 is 2.61 bits per heavy atom. The van der Waals surface area contributed by atoms with E-state index in [1.165, 1.54) is 0 Å². The molecule has 0 aliphatic carbocycles. The summed E-state index contributed by atoms with van der Waals surface area (Å²) in [7, 11) is 0. The minimum absolute atomic E-state index is 0.0227. The van der Waals surface area contributed by atoms with E-state index in [1.807, 2.05) is 42.5 Å². The highest BCUT2D eigenvalue weighted by atomic mass is 35.5. The van der Waals surface area contributed by atoms with E-state index in [2.05, 4.69) is 20.9 Å². The fourth-order valence-electron chi connectivity index (χ4n) is 2.84. The molecule has 0 fully saturated rings. The van der Waals surface area contributed by atoms with Gasteiger partial charge in [0.25, 0.3) is 0 Å². The van der Waals surface area contributed by atoms with Crippen LogP contribution in [0.15, 0.2) is 60.8 Å². The van der Waals surface area contributed by atoms with E-state index in [9.17, 15) is 14.7 Å². The maximum atomic E-state index is 12.1. The second-order valence-corrected chi connectivity index (χ2v) is 7.19. The van der Waals surface area contributed by atoms with Gasteiger partial charge in [0.2, 0.25) is 5.91 Å². The number of ether oxygens (including phenoxy) is 1. The lowest BCUT2D eigenvalue weighted by Gasteiger charge is -2.17. The molecule has 4 N–H and O–H groups in total. The third kappa shape index (κ3) is 6.92. The van der Waals surface area contributed by atoms with Crippen molar-refractivity contribution in [2.45, 2.75) is 12.6 Å². The number of halogens is 1. The summed E-state index contributed by atoms with van der Waals surface area (Å²) in [6.45, 7) is -0.118. The Kier molecular flexibility index (Phi) is 8.17. The van der Waals surface area contributed by atoms with Crippen LogP contribution in [-0.4, -0.2) is 47.9 Å². The molecule has 162 valence electrons. The zero-order valence-electron chi connectivity index (χ0n) is 16.7. The van der Waals surface area contributed by atoms with Crippen LogP contribution in [-0.2, 0) is 16.1 Å². The van der Waals surface area contributed by atoms with Crippen molar-refractivity contribution in [2.75, 3.05) is 25.1 Å². The van der Waals surface area contributed by atoms with Crippen molar-refractivity contribution in [3.8, 4) is 0 Å². The van der Waals surface area contributed by atoms with Crippen LogP contribution in [0, 0.1) is 0 Å². The first-order chi connectivity index (χ1) is 15.0. The summed E-state index contributed by atoms with van der Waals surface area (Å²) in [5.41, 5.74) is 0.873. The standard InChI is InChI=1S/C22H23ClN4O4/c23-19-8-4-3-7-17(19)10-24-12-21(29)26-18(13-28)14-31-22(30)27-20-9-15-5-1-2-6-16(15)11-25-20/h1-9,11,18,24,28H,10,12-14H2,(H,26,29)(H,25,27,30)/t18-/m0/s1. The maximum Gasteiger partial charge on any atom is 0.412 e. The van der Waals surface area contributed by atoms with Crippen LogP contribution < -0.4 is 16.0 Å². The number of benzene rings is 2. The summed E-state index contributed by atoms with van der Waals surface area (Å²) in [4.78, 5) is 28.2. The lowest BCUT2D eigenvalue weighted by atomic mass is 10.2. The monoisotopic (exact) mass is 442 g/mol. The number of anilines is 1. The molecule has 0 unspecified atom stereocenters. The van der Waals surface area contributed by atoms with Crippen LogP contribution in [0.25, 0.3) is 10.8 Å². The van der Waals surface area contributed by atoms with Crippen molar-refractivity contribution >= 4 is 40.2 Å². The highest BCUT2D eigenvalue weighted by Gasteiger charge is 2.14. The van der Waals surface area contributed by atoms with Gasteiger partial charge in [0, 0.05) is 23.2 Å². The molecule has 0 spiro atoms. The van der Waals surface area contributed by atoms with Gasteiger partial charge >= 0.3 is 6.09 Å². The van der Waals surface area contributed by atoms with E-state index in [4.69, 9.17) is 16.3 Å². The van der Waals surface area contributed by atoms with E-state index < -0.39 is 12.1 Å². The fourth-order valence-corrected chi connectivity index (χ4v) is 3.04. The van der Waals surface area contributed by atoms with Gasteiger partial charge in [-0.05, 0) is 23.1 Å². The van der Waals surface area contributed by atoms with Crippen molar-refractivity contribution in [1.29, 1.82) is 0 Å². The summed E-state index contributed by atoms with van der Waals surface area (Å²) in [5, 5.41) is 20.1. The molecular formula is C22H23ClN4O4.